The van der Waals surface area contributed by atoms with Gasteiger partial charge in [-0.25, -0.2) is 4.39 Å². The van der Waals surface area contributed by atoms with Crippen molar-refractivity contribution in [3.05, 3.63) is 53.5 Å². The Morgan fingerprint density at radius 3 is 2.83 bits per heavy atom. The van der Waals surface area contributed by atoms with E-state index in [0.29, 0.717) is 30.0 Å². The standard InChI is InChI=1S/C21H22FN3O3S/c22-16-3-1-4-17(11-16)27-13-19(26)23-12-14-6-8-15(9-7-14)20-24-25-21(28-20)18-5-2-10-29-18/h1-5,10-11,14-15H,6-9,12-13H2,(H,23,26). The predicted molar refractivity (Wildman–Crippen MR) is 107 cm³/mol. The fourth-order valence-corrected chi connectivity index (χ4v) is 4.17. The van der Waals surface area contributed by atoms with Crippen molar-refractivity contribution in [2.24, 2.45) is 5.92 Å². The van der Waals surface area contributed by atoms with Gasteiger partial charge in [-0.15, -0.1) is 21.5 Å². The maximum Gasteiger partial charge on any atom is 0.257 e. The Morgan fingerprint density at radius 1 is 1.21 bits per heavy atom. The van der Waals surface area contributed by atoms with Crippen molar-refractivity contribution in [3.8, 4) is 16.5 Å². The summed E-state index contributed by atoms with van der Waals surface area (Å²) in [6, 6.07) is 9.70. The molecule has 2 heterocycles. The highest BCUT2D eigenvalue weighted by molar-refractivity contribution is 7.13. The summed E-state index contributed by atoms with van der Waals surface area (Å²) in [5, 5.41) is 13.3. The fourth-order valence-electron chi connectivity index (χ4n) is 3.53. The van der Waals surface area contributed by atoms with Crippen LogP contribution in [-0.2, 0) is 4.79 Å². The minimum Gasteiger partial charge on any atom is -0.484 e. The van der Waals surface area contributed by atoms with E-state index in [9.17, 15) is 9.18 Å². The second kappa shape index (κ2) is 9.17. The summed E-state index contributed by atoms with van der Waals surface area (Å²) >= 11 is 1.58. The number of carbonyl (C=O) groups excluding carboxylic acids is 1. The van der Waals surface area contributed by atoms with Crippen molar-refractivity contribution >= 4 is 17.2 Å². The Balaban J connectivity index is 1.18. The molecule has 3 aromatic rings. The average Bonchev–Trinajstić information content (AvgIpc) is 3.43. The molecule has 6 nitrogen and oxygen atoms in total. The van der Waals surface area contributed by atoms with Crippen LogP contribution in [0.4, 0.5) is 4.39 Å². The third-order valence-corrected chi connectivity index (χ3v) is 5.98. The molecule has 1 fully saturated rings. The molecule has 1 saturated carbocycles. The Morgan fingerprint density at radius 2 is 2.07 bits per heavy atom. The number of nitrogens with zero attached hydrogens (tertiary/aromatic N) is 2. The van der Waals surface area contributed by atoms with Crippen LogP contribution in [0, 0.1) is 11.7 Å². The first kappa shape index (κ1) is 19.6. The lowest BCUT2D eigenvalue weighted by Gasteiger charge is -2.26. The molecule has 0 spiro atoms. The highest BCUT2D eigenvalue weighted by Gasteiger charge is 2.26. The minimum absolute atomic E-state index is 0.119. The van der Waals surface area contributed by atoms with Gasteiger partial charge in [-0.2, -0.15) is 0 Å². The topological polar surface area (TPSA) is 77.2 Å². The van der Waals surface area contributed by atoms with Crippen molar-refractivity contribution in [1.82, 2.24) is 15.5 Å². The molecular formula is C21H22FN3O3S. The van der Waals surface area contributed by atoms with Crippen LogP contribution >= 0.6 is 11.3 Å². The molecular weight excluding hydrogens is 393 g/mol. The highest BCUT2D eigenvalue weighted by atomic mass is 32.1. The van der Waals surface area contributed by atoms with E-state index >= 15 is 0 Å². The number of hydrogen-bond donors (Lipinski definition) is 1. The monoisotopic (exact) mass is 415 g/mol. The predicted octanol–water partition coefficient (Wildman–Crippen LogP) is 4.41. The molecule has 1 aromatic carbocycles. The van der Waals surface area contributed by atoms with Gasteiger partial charge in [0.1, 0.15) is 11.6 Å². The van der Waals surface area contributed by atoms with Gasteiger partial charge in [0, 0.05) is 18.5 Å². The van der Waals surface area contributed by atoms with Crippen LogP contribution in [0.5, 0.6) is 5.75 Å². The summed E-state index contributed by atoms with van der Waals surface area (Å²) in [6.07, 6.45) is 3.91. The molecule has 0 atom stereocenters. The molecule has 0 aliphatic heterocycles. The van der Waals surface area contributed by atoms with E-state index in [2.05, 4.69) is 15.5 Å². The maximum absolute atomic E-state index is 13.1. The summed E-state index contributed by atoms with van der Waals surface area (Å²) in [4.78, 5) is 13.0. The summed E-state index contributed by atoms with van der Waals surface area (Å²) in [7, 11) is 0. The molecule has 1 N–H and O–H groups in total. The summed E-state index contributed by atoms with van der Waals surface area (Å²) in [5.41, 5.74) is 0. The highest BCUT2D eigenvalue weighted by Crippen LogP contribution is 2.36. The van der Waals surface area contributed by atoms with Gasteiger partial charge in [-0.05, 0) is 55.2 Å². The molecule has 1 aliphatic rings. The number of rotatable bonds is 7. The first-order valence-electron chi connectivity index (χ1n) is 9.69. The number of ether oxygens (including phenoxy) is 1. The van der Waals surface area contributed by atoms with Crippen LogP contribution < -0.4 is 10.1 Å². The Kier molecular flexibility index (Phi) is 6.19. The lowest BCUT2D eigenvalue weighted by molar-refractivity contribution is -0.123. The summed E-state index contributed by atoms with van der Waals surface area (Å²) in [6.45, 7) is 0.495. The van der Waals surface area contributed by atoms with Crippen molar-refractivity contribution in [2.45, 2.75) is 31.6 Å². The van der Waals surface area contributed by atoms with E-state index in [1.807, 2.05) is 17.5 Å². The molecule has 8 heteroatoms. The zero-order valence-corrected chi connectivity index (χ0v) is 16.7. The van der Waals surface area contributed by atoms with Gasteiger partial charge in [-0.3, -0.25) is 4.79 Å². The molecule has 0 unspecified atom stereocenters. The number of halogens is 1. The van der Waals surface area contributed by atoms with Gasteiger partial charge in [0.15, 0.2) is 6.61 Å². The number of nitrogens with one attached hydrogen (secondary N) is 1. The average molecular weight is 415 g/mol. The second-order valence-corrected chi connectivity index (χ2v) is 8.14. The van der Waals surface area contributed by atoms with E-state index < -0.39 is 0 Å². The lowest BCUT2D eigenvalue weighted by atomic mass is 9.82. The number of hydrogen-bond acceptors (Lipinski definition) is 6. The molecule has 0 bridgehead atoms. The number of carbonyl (C=O) groups is 1. The lowest BCUT2D eigenvalue weighted by Crippen LogP contribution is -2.34. The maximum atomic E-state index is 13.1. The van der Waals surface area contributed by atoms with Gasteiger partial charge < -0.3 is 14.5 Å². The number of benzene rings is 1. The van der Waals surface area contributed by atoms with Crippen LogP contribution in [0.15, 0.2) is 46.2 Å². The Labute approximate surface area is 172 Å². The Bertz CT molecular complexity index is 936. The number of amides is 1. The summed E-state index contributed by atoms with van der Waals surface area (Å²) < 4.78 is 24.3. The zero-order valence-electron chi connectivity index (χ0n) is 15.8. The van der Waals surface area contributed by atoms with Gasteiger partial charge in [0.2, 0.25) is 5.89 Å². The van der Waals surface area contributed by atoms with E-state index in [-0.39, 0.29) is 24.2 Å². The third-order valence-electron chi connectivity index (χ3n) is 5.12. The molecule has 1 aliphatic carbocycles. The van der Waals surface area contributed by atoms with Gasteiger partial charge in [0.05, 0.1) is 4.88 Å². The molecule has 2 aromatic heterocycles. The van der Waals surface area contributed by atoms with E-state index in [0.717, 1.165) is 30.6 Å². The van der Waals surface area contributed by atoms with Crippen LogP contribution in [0.2, 0.25) is 0 Å². The normalized spacial score (nSPS) is 19.1. The first-order chi connectivity index (χ1) is 14.2. The molecule has 0 saturated heterocycles. The van der Waals surface area contributed by atoms with Gasteiger partial charge >= 0.3 is 0 Å². The molecule has 29 heavy (non-hydrogen) atoms. The summed E-state index contributed by atoms with van der Waals surface area (Å²) in [5.74, 6) is 1.75. The third kappa shape index (κ3) is 5.20. The van der Waals surface area contributed by atoms with Crippen molar-refractivity contribution in [3.63, 3.8) is 0 Å². The quantitative estimate of drug-likeness (QED) is 0.619. The number of aromatic nitrogens is 2. The molecule has 4 rings (SSSR count). The largest absolute Gasteiger partial charge is 0.484 e. The first-order valence-corrected chi connectivity index (χ1v) is 10.6. The van der Waals surface area contributed by atoms with Crippen molar-refractivity contribution in [2.75, 3.05) is 13.2 Å². The smallest absolute Gasteiger partial charge is 0.257 e. The van der Waals surface area contributed by atoms with Gasteiger partial charge in [0.25, 0.3) is 11.8 Å². The van der Waals surface area contributed by atoms with E-state index in [1.165, 1.54) is 12.1 Å². The zero-order chi connectivity index (χ0) is 20.1. The van der Waals surface area contributed by atoms with Crippen LogP contribution in [-0.4, -0.2) is 29.3 Å². The van der Waals surface area contributed by atoms with Gasteiger partial charge in [-0.1, -0.05) is 12.1 Å². The second-order valence-electron chi connectivity index (χ2n) is 7.19. The number of thiophene rings is 1. The van der Waals surface area contributed by atoms with Crippen molar-refractivity contribution in [1.29, 1.82) is 0 Å². The fraction of sp³-hybridized carbons (Fsp3) is 0.381. The molecule has 0 radical (unpaired) electrons. The Hall–Kier alpha value is -2.74. The van der Waals surface area contributed by atoms with Crippen molar-refractivity contribution < 1.29 is 18.3 Å². The SMILES string of the molecule is O=C(COc1cccc(F)c1)NCC1CCC(c2nnc(-c3cccs3)o2)CC1. The van der Waals surface area contributed by atoms with E-state index in [1.54, 1.807) is 23.5 Å². The van der Waals surface area contributed by atoms with Crippen LogP contribution in [0.3, 0.4) is 0 Å². The minimum atomic E-state index is -0.386. The molecule has 1 amide bonds. The molecule has 152 valence electrons. The van der Waals surface area contributed by atoms with Crippen LogP contribution in [0.25, 0.3) is 10.8 Å². The van der Waals surface area contributed by atoms with E-state index in [4.69, 9.17) is 9.15 Å². The van der Waals surface area contributed by atoms with Crippen LogP contribution in [0.1, 0.15) is 37.5 Å².